The zero-order valence-corrected chi connectivity index (χ0v) is 9.44. The van der Waals surface area contributed by atoms with Crippen molar-refractivity contribution in [1.82, 2.24) is 4.90 Å². The smallest absolute Gasteiger partial charge is 0.407 e. The summed E-state index contributed by atoms with van der Waals surface area (Å²) in [5.74, 6) is -0.266. The lowest BCUT2D eigenvalue weighted by molar-refractivity contribution is -0.155. The van der Waals surface area contributed by atoms with Gasteiger partial charge in [0.1, 0.15) is 0 Å². The number of hydrogen-bond acceptors (Lipinski definition) is 3. The summed E-state index contributed by atoms with van der Waals surface area (Å²) in [7, 11) is 1.36. The van der Waals surface area contributed by atoms with Crippen LogP contribution in [0.2, 0.25) is 0 Å². The maximum Gasteiger partial charge on any atom is 0.407 e. The number of esters is 1. The number of methoxy groups -OCH3 is 1. The SMILES string of the molecule is C=CCC1(C(=O)OC)CCN(C(=O)O)CC1. The molecule has 16 heavy (non-hydrogen) atoms. The number of amides is 1. The van der Waals surface area contributed by atoms with Crippen LogP contribution in [-0.4, -0.2) is 42.3 Å². The van der Waals surface area contributed by atoms with E-state index in [0.29, 0.717) is 32.4 Å². The Morgan fingerprint density at radius 2 is 2.06 bits per heavy atom. The number of rotatable bonds is 3. The Balaban J connectivity index is 2.73. The van der Waals surface area contributed by atoms with E-state index in [1.54, 1.807) is 6.08 Å². The molecule has 1 N–H and O–H groups in total. The molecule has 0 radical (unpaired) electrons. The number of carboxylic acid groups (broad SMARTS) is 1. The third-order valence-corrected chi connectivity index (χ3v) is 3.14. The van der Waals surface area contributed by atoms with E-state index >= 15 is 0 Å². The van der Waals surface area contributed by atoms with Crippen molar-refractivity contribution in [3.8, 4) is 0 Å². The summed E-state index contributed by atoms with van der Waals surface area (Å²) < 4.78 is 4.79. The predicted octanol–water partition coefficient (Wildman–Crippen LogP) is 1.50. The fraction of sp³-hybridized carbons (Fsp3) is 0.636. The van der Waals surface area contributed by atoms with Gasteiger partial charge in [-0.25, -0.2) is 4.79 Å². The van der Waals surface area contributed by atoms with E-state index in [-0.39, 0.29) is 5.97 Å². The summed E-state index contributed by atoms with van der Waals surface area (Å²) in [6.45, 7) is 4.38. The second-order valence-electron chi connectivity index (χ2n) is 4.03. The average Bonchev–Trinajstić information content (AvgIpc) is 2.29. The van der Waals surface area contributed by atoms with Gasteiger partial charge in [0.25, 0.3) is 0 Å². The zero-order valence-electron chi connectivity index (χ0n) is 9.44. The van der Waals surface area contributed by atoms with E-state index in [9.17, 15) is 9.59 Å². The van der Waals surface area contributed by atoms with Gasteiger partial charge in [0.15, 0.2) is 0 Å². The van der Waals surface area contributed by atoms with E-state index in [2.05, 4.69) is 6.58 Å². The van der Waals surface area contributed by atoms with Crippen LogP contribution in [0.1, 0.15) is 19.3 Å². The van der Waals surface area contributed by atoms with Crippen molar-refractivity contribution in [1.29, 1.82) is 0 Å². The van der Waals surface area contributed by atoms with Crippen LogP contribution in [0, 0.1) is 5.41 Å². The van der Waals surface area contributed by atoms with Crippen molar-refractivity contribution in [3.05, 3.63) is 12.7 Å². The Hall–Kier alpha value is -1.52. The summed E-state index contributed by atoms with van der Waals surface area (Å²) in [5.41, 5.74) is -0.581. The minimum Gasteiger partial charge on any atom is -0.469 e. The molecule has 1 amide bonds. The largest absolute Gasteiger partial charge is 0.469 e. The van der Waals surface area contributed by atoms with E-state index in [1.807, 2.05) is 0 Å². The molecule has 1 rings (SSSR count). The van der Waals surface area contributed by atoms with Crippen molar-refractivity contribution < 1.29 is 19.4 Å². The molecular weight excluding hydrogens is 210 g/mol. The number of piperidine rings is 1. The minimum atomic E-state index is -0.933. The lowest BCUT2D eigenvalue weighted by Gasteiger charge is -2.37. The zero-order chi connectivity index (χ0) is 12.2. The maximum absolute atomic E-state index is 11.7. The molecular formula is C11H17NO4. The number of ether oxygens (including phenoxy) is 1. The molecule has 0 aliphatic carbocycles. The van der Waals surface area contributed by atoms with Crippen LogP contribution in [0.25, 0.3) is 0 Å². The Bertz CT molecular complexity index is 292. The third kappa shape index (κ3) is 2.35. The van der Waals surface area contributed by atoms with Crippen LogP contribution >= 0.6 is 0 Å². The van der Waals surface area contributed by atoms with Crippen molar-refractivity contribution in [2.75, 3.05) is 20.2 Å². The topological polar surface area (TPSA) is 66.8 Å². The van der Waals surface area contributed by atoms with Gasteiger partial charge in [0.2, 0.25) is 0 Å². The van der Waals surface area contributed by atoms with Gasteiger partial charge in [-0.1, -0.05) is 6.08 Å². The van der Waals surface area contributed by atoms with E-state index in [1.165, 1.54) is 12.0 Å². The number of hydrogen-bond donors (Lipinski definition) is 1. The Morgan fingerprint density at radius 1 is 1.50 bits per heavy atom. The summed E-state index contributed by atoms with van der Waals surface area (Å²) in [4.78, 5) is 23.8. The highest BCUT2D eigenvalue weighted by molar-refractivity contribution is 5.77. The van der Waals surface area contributed by atoms with Gasteiger partial charge < -0.3 is 14.7 Å². The molecule has 5 nitrogen and oxygen atoms in total. The second kappa shape index (κ2) is 5.01. The monoisotopic (exact) mass is 227 g/mol. The second-order valence-corrected chi connectivity index (χ2v) is 4.03. The van der Waals surface area contributed by atoms with Crippen molar-refractivity contribution in [2.45, 2.75) is 19.3 Å². The molecule has 0 aromatic heterocycles. The standard InChI is InChI=1S/C11H17NO4/c1-3-4-11(9(13)16-2)5-7-12(8-6-11)10(14)15/h3H,1,4-8H2,2H3,(H,14,15). The van der Waals surface area contributed by atoms with Crippen molar-refractivity contribution in [2.24, 2.45) is 5.41 Å². The number of carbonyl (C=O) groups excluding carboxylic acids is 1. The molecule has 1 aliphatic rings. The molecule has 0 spiro atoms. The molecule has 1 fully saturated rings. The van der Waals surface area contributed by atoms with Crippen molar-refractivity contribution in [3.63, 3.8) is 0 Å². The maximum atomic E-state index is 11.7. The average molecular weight is 227 g/mol. The van der Waals surface area contributed by atoms with E-state index < -0.39 is 11.5 Å². The number of carbonyl (C=O) groups is 2. The molecule has 0 aromatic carbocycles. The highest BCUT2D eigenvalue weighted by Crippen LogP contribution is 2.36. The van der Waals surface area contributed by atoms with Crippen LogP contribution in [0.4, 0.5) is 4.79 Å². The molecule has 1 heterocycles. The van der Waals surface area contributed by atoms with Gasteiger partial charge in [-0.15, -0.1) is 6.58 Å². The molecule has 1 aliphatic heterocycles. The van der Waals surface area contributed by atoms with Crippen LogP contribution in [0.3, 0.4) is 0 Å². The lowest BCUT2D eigenvalue weighted by Crippen LogP contribution is -2.46. The van der Waals surface area contributed by atoms with Gasteiger partial charge in [-0.05, 0) is 19.3 Å². The van der Waals surface area contributed by atoms with Crippen LogP contribution in [0.5, 0.6) is 0 Å². The van der Waals surface area contributed by atoms with E-state index in [0.717, 1.165) is 0 Å². The number of likely N-dealkylation sites (tertiary alicyclic amines) is 1. The lowest BCUT2D eigenvalue weighted by atomic mass is 9.76. The van der Waals surface area contributed by atoms with Crippen molar-refractivity contribution >= 4 is 12.1 Å². The van der Waals surface area contributed by atoms with E-state index in [4.69, 9.17) is 9.84 Å². The highest BCUT2D eigenvalue weighted by atomic mass is 16.5. The Morgan fingerprint density at radius 3 is 2.44 bits per heavy atom. The first kappa shape index (κ1) is 12.5. The first-order valence-electron chi connectivity index (χ1n) is 5.23. The summed E-state index contributed by atoms with van der Waals surface area (Å²) in [6, 6.07) is 0. The first-order valence-corrected chi connectivity index (χ1v) is 5.23. The number of nitrogens with zero attached hydrogens (tertiary/aromatic N) is 1. The highest BCUT2D eigenvalue weighted by Gasteiger charge is 2.42. The molecule has 0 atom stereocenters. The Labute approximate surface area is 94.7 Å². The predicted molar refractivity (Wildman–Crippen MR) is 58.1 cm³/mol. The molecule has 0 bridgehead atoms. The molecule has 0 aromatic rings. The molecule has 5 heteroatoms. The third-order valence-electron chi connectivity index (χ3n) is 3.14. The molecule has 90 valence electrons. The normalized spacial score (nSPS) is 18.9. The molecule has 0 saturated carbocycles. The van der Waals surface area contributed by atoms with Gasteiger partial charge in [0, 0.05) is 13.1 Å². The molecule has 1 saturated heterocycles. The number of allylic oxidation sites excluding steroid dienone is 1. The molecule has 0 unspecified atom stereocenters. The van der Waals surface area contributed by atoms with Gasteiger partial charge in [-0.3, -0.25) is 4.79 Å². The quantitative estimate of drug-likeness (QED) is 0.586. The van der Waals surface area contributed by atoms with Crippen LogP contribution < -0.4 is 0 Å². The fourth-order valence-electron chi connectivity index (χ4n) is 2.11. The summed E-state index contributed by atoms with van der Waals surface area (Å²) >= 11 is 0. The van der Waals surface area contributed by atoms with Gasteiger partial charge in [-0.2, -0.15) is 0 Å². The van der Waals surface area contributed by atoms with Gasteiger partial charge in [0.05, 0.1) is 12.5 Å². The summed E-state index contributed by atoms with van der Waals surface area (Å²) in [5, 5.41) is 8.82. The van der Waals surface area contributed by atoms with Gasteiger partial charge >= 0.3 is 12.1 Å². The minimum absolute atomic E-state index is 0.266. The first-order chi connectivity index (χ1) is 7.55. The fourth-order valence-corrected chi connectivity index (χ4v) is 2.11. The summed E-state index contributed by atoms with van der Waals surface area (Å²) in [6.07, 6.45) is 2.29. The van der Waals surface area contributed by atoms with Crippen LogP contribution in [-0.2, 0) is 9.53 Å². The Kier molecular flexibility index (Phi) is 3.93. The van der Waals surface area contributed by atoms with Crippen LogP contribution in [0.15, 0.2) is 12.7 Å².